The molecule has 0 unspecified atom stereocenters. The average molecular weight is 336 g/mol. The van der Waals surface area contributed by atoms with Gasteiger partial charge >= 0.3 is 0 Å². The van der Waals surface area contributed by atoms with Crippen LogP contribution in [0.4, 0.5) is 5.82 Å². The number of nitrogens with two attached hydrogens (primary N) is 1. The van der Waals surface area contributed by atoms with Crippen LogP contribution in [0, 0.1) is 13.8 Å². The fourth-order valence-corrected chi connectivity index (χ4v) is 3.20. The number of hydrogen-bond acceptors (Lipinski definition) is 5. The highest BCUT2D eigenvalue weighted by atomic mass is 16.2. The highest BCUT2D eigenvalue weighted by molar-refractivity contribution is 6.06. The zero-order valence-electron chi connectivity index (χ0n) is 14.2. The molecule has 3 aromatic heterocycles. The summed E-state index contributed by atoms with van der Waals surface area (Å²) in [5, 5.41) is 14.5. The molecule has 0 fully saturated rings. The van der Waals surface area contributed by atoms with E-state index in [2.05, 4.69) is 20.1 Å². The van der Waals surface area contributed by atoms with E-state index in [1.165, 1.54) is 0 Å². The van der Waals surface area contributed by atoms with Crippen molar-refractivity contribution in [1.82, 2.24) is 24.7 Å². The van der Waals surface area contributed by atoms with Crippen LogP contribution in [0.15, 0.2) is 24.3 Å². The Hall–Kier alpha value is -2.93. The molecule has 0 radical (unpaired) electrons. The number of aliphatic hydroxyl groups is 1. The Morgan fingerprint density at radius 3 is 2.76 bits per heavy atom. The third-order valence-corrected chi connectivity index (χ3v) is 4.31. The lowest BCUT2D eigenvalue weighted by molar-refractivity contribution is 0.287. The summed E-state index contributed by atoms with van der Waals surface area (Å²) in [4.78, 5) is 12.4. The third-order valence-electron chi connectivity index (χ3n) is 4.31. The minimum atomic E-state index is 0.136. The minimum Gasteiger partial charge on any atom is -0.396 e. The van der Waals surface area contributed by atoms with E-state index >= 15 is 0 Å². The van der Waals surface area contributed by atoms with Crippen LogP contribution < -0.4 is 5.73 Å². The van der Waals surface area contributed by atoms with E-state index in [1.54, 1.807) is 0 Å². The summed E-state index contributed by atoms with van der Waals surface area (Å²) in [6.07, 6.45) is 1.34. The van der Waals surface area contributed by atoms with Crippen LogP contribution in [0.5, 0.6) is 0 Å². The lowest BCUT2D eigenvalue weighted by atomic mass is 10.1. The predicted octanol–water partition coefficient (Wildman–Crippen LogP) is 2.42. The molecule has 0 saturated heterocycles. The molecule has 25 heavy (non-hydrogen) atoms. The lowest BCUT2D eigenvalue weighted by Gasteiger charge is -2.07. The SMILES string of the molecule is Cc1cc(C)n(-c2ccc3c(c2)nc(N)c2nc(CCCO)[nH]c23)n1. The normalized spacial score (nSPS) is 11.6. The summed E-state index contributed by atoms with van der Waals surface area (Å²) in [6.45, 7) is 4.14. The molecular formula is C18H20N6O. The van der Waals surface area contributed by atoms with E-state index in [1.807, 2.05) is 42.8 Å². The molecule has 0 amide bonds. The van der Waals surface area contributed by atoms with Gasteiger partial charge in [-0.05, 0) is 44.5 Å². The summed E-state index contributed by atoms with van der Waals surface area (Å²) in [7, 11) is 0. The first-order valence-corrected chi connectivity index (χ1v) is 8.29. The summed E-state index contributed by atoms with van der Waals surface area (Å²) in [5.74, 6) is 1.21. The summed E-state index contributed by atoms with van der Waals surface area (Å²) >= 11 is 0. The Bertz CT molecular complexity index is 1080. The number of benzene rings is 1. The molecule has 0 aliphatic rings. The van der Waals surface area contributed by atoms with E-state index in [-0.39, 0.29) is 6.61 Å². The van der Waals surface area contributed by atoms with Crippen molar-refractivity contribution >= 4 is 27.8 Å². The Kier molecular flexibility index (Phi) is 3.65. The number of nitrogens with one attached hydrogen (secondary N) is 1. The second kappa shape index (κ2) is 5.86. The molecule has 4 N–H and O–H groups in total. The van der Waals surface area contributed by atoms with Crippen molar-refractivity contribution in [2.75, 3.05) is 12.3 Å². The molecule has 7 nitrogen and oxygen atoms in total. The number of aliphatic hydroxyl groups excluding tert-OH is 1. The highest BCUT2D eigenvalue weighted by Gasteiger charge is 2.13. The molecule has 1 aromatic carbocycles. The van der Waals surface area contributed by atoms with Crippen molar-refractivity contribution in [2.24, 2.45) is 0 Å². The van der Waals surface area contributed by atoms with E-state index in [0.29, 0.717) is 24.2 Å². The van der Waals surface area contributed by atoms with Crippen LogP contribution in [0.1, 0.15) is 23.6 Å². The Balaban J connectivity index is 1.88. The van der Waals surface area contributed by atoms with Gasteiger partial charge in [0, 0.05) is 24.1 Å². The van der Waals surface area contributed by atoms with E-state index in [9.17, 15) is 0 Å². The zero-order chi connectivity index (χ0) is 17.6. The average Bonchev–Trinajstić information content (AvgIpc) is 3.16. The monoisotopic (exact) mass is 336 g/mol. The van der Waals surface area contributed by atoms with Crippen LogP contribution in [-0.2, 0) is 6.42 Å². The standard InChI is InChI=1S/C18H20N6O/c1-10-8-11(2)24(23-10)12-5-6-13-14(9-12)20-18(19)17-16(13)21-15(22-17)4-3-7-25/h5-6,8-9,25H,3-4,7H2,1-2H3,(H2,19,20)(H,21,22). The van der Waals surface area contributed by atoms with Crippen LogP contribution in [-0.4, -0.2) is 36.4 Å². The van der Waals surface area contributed by atoms with Gasteiger partial charge in [0.1, 0.15) is 11.3 Å². The number of imidazole rings is 1. The lowest BCUT2D eigenvalue weighted by Crippen LogP contribution is -2.00. The second-order valence-electron chi connectivity index (χ2n) is 6.27. The number of aromatic nitrogens is 5. The molecule has 0 saturated carbocycles. The number of fused-ring (bicyclic) bond motifs is 3. The van der Waals surface area contributed by atoms with Crippen molar-refractivity contribution in [1.29, 1.82) is 0 Å². The smallest absolute Gasteiger partial charge is 0.152 e. The Morgan fingerprint density at radius 2 is 2.04 bits per heavy atom. The molecular weight excluding hydrogens is 316 g/mol. The summed E-state index contributed by atoms with van der Waals surface area (Å²) < 4.78 is 1.90. The van der Waals surface area contributed by atoms with E-state index in [0.717, 1.165) is 39.3 Å². The van der Waals surface area contributed by atoms with Gasteiger partial charge in [-0.25, -0.2) is 14.6 Å². The number of hydrogen-bond donors (Lipinski definition) is 3. The van der Waals surface area contributed by atoms with Gasteiger partial charge in [0.05, 0.1) is 22.4 Å². The Labute approximate surface area is 144 Å². The van der Waals surface area contributed by atoms with E-state index < -0.39 is 0 Å². The maximum absolute atomic E-state index is 9.00. The molecule has 0 bridgehead atoms. The first-order chi connectivity index (χ1) is 12.1. The maximum atomic E-state index is 9.00. The Morgan fingerprint density at radius 1 is 1.20 bits per heavy atom. The van der Waals surface area contributed by atoms with Crippen LogP contribution in [0.2, 0.25) is 0 Å². The number of H-pyrrole nitrogens is 1. The van der Waals surface area contributed by atoms with Crippen LogP contribution in [0.3, 0.4) is 0 Å². The third kappa shape index (κ3) is 2.62. The highest BCUT2D eigenvalue weighted by Crippen LogP contribution is 2.28. The molecule has 128 valence electrons. The number of nitrogen functional groups attached to an aromatic ring is 1. The van der Waals surface area contributed by atoms with Crippen molar-refractivity contribution in [3.63, 3.8) is 0 Å². The number of aromatic amines is 1. The predicted molar refractivity (Wildman–Crippen MR) is 97.8 cm³/mol. The quantitative estimate of drug-likeness (QED) is 0.531. The van der Waals surface area contributed by atoms with Gasteiger partial charge in [0.25, 0.3) is 0 Å². The van der Waals surface area contributed by atoms with Gasteiger partial charge in [0.2, 0.25) is 0 Å². The van der Waals surface area contributed by atoms with Gasteiger partial charge in [-0.1, -0.05) is 0 Å². The summed E-state index contributed by atoms with van der Waals surface area (Å²) in [5.41, 5.74) is 11.5. The van der Waals surface area contributed by atoms with Gasteiger partial charge in [-0.2, -0.15) is 5.10 Å². The topological polar surface area (TPSA) is 106 Å². The largest absolute Gasteiger partial charge is 0.396 e. The molecule has 0 atom stereocenters. The van der Waals surface area contributed by atoms with Gasteiger partial charge in [-0.15, -0.1) is 0 Å². The van der Waals surface area contributed by atoms with Crippen molar-refractivity contribution in [3.8, 4) is 5.69 Å². The fraction of sp³-hybridized carbons (Fsp3) is 0.278. The molecule has 3 heterocycles. The van der Waals surface area contributed by atoms with Gasteiger partial charge in [0.15, 0.2) is 5.82 Å². The minimum absolute atomic E-state index is 0.136. The van der Waals surface area contributed by atoms with E-state index in [4.69, 9.17) is 10.8 Å². The molecule has 7 heteroatoms. The van der Waals surface area contributed by atoms with Crippen LogP contribution in [0.25, 0.3) is 27.6 Å². The number of pyridine rings is 1. The van der Waals surface area contributed by atoms with Crippen molar-refractivity contribution < 1.29 is 5.11 Å². The number of rotatable bonds is 4. The second-order valence-corrected chi connectivity index (χ2v) is 6.27. The first kappa shape index (κ1) is 15.6. The first-order valence-electron chi connectivity index (χ1n) is 8.29. The number of aryl methyl sites for hydroxylation is 3. The molecule has 0 spiro atoms. The van der Waals surface area contributed by atoms with Crippen molar-refractivity contribution in [3.05, 3.63) is 41.5 Å². The van der Waals surface area contributed by atoms with Crippen LogP contribution >= 0.6 is 0 Å². The van der Waals surface area contributed by atoms with Gasteiger partial charge in [-0.3, -0.25) is 0 Å². The zero-order valence-corrected chi connectivity index (χ0v) is 14.2. The van der Waals surface area contributed by atoms with Crippen molar-refractivity contribution in [2.45, 2.75) is 26.7 Å². The summed E-state index contributed by atoms with van der Waals surface area (Å²) in [6, 6.07) is 8.06. The molecule has 0 aliphatic heterocycles. The number of nitrogens with zero attached hydrogens (tertiary/aromatic N) is 4. The van der Waals surface area contributed by atoms with Gasteiger partial charge < -0.3 is 15.8 Å². The fourth-order valence-electron chi connectivity index (χ4n) is 3.20. The number of anilines is 1. The molecule has 0 aliphatic carbocycles. The molecule has 4 rings (SSSR count). The maximum Gasteiger partial charge on any atom is 0.152 e. The molecule has 4 aromatic rings.